The van der Waals surface area contributed by atoms with E-state index in [1.165, 1.54) is 11.3 Å². The molecule has 1 aromatic carbocycles. The molecule has 1 atom stereocenters. The van der Waals surface area contributed by atoms with E-state index in [2.05, 4.69) is 36.3 Å². The molecule has 0 fully saturated rings. The number of rotatable bonds is 6. The van der Waals surface area contributed by atoms with Crippen LogP contribution in [-0.4, -0.2) is 33.7 Å². The zero-order valence-electron chi connectivity index (χ0n) is 18.9. The van der Waals surface area contributed by atoms with Crippen LogP contribution in [0.2, 0.25) is 0 Å². The topological polar surface area (TPSA) is 94.1 Å². The van der Waals surface area contributed by atoms with Gasteiger partial charge in [0.1, 0.15) is 5.01 Å². The monoisotopic (exact) mass is 452 g/mol. The summed E-state index contributed by atoms with van der Waals surface area (Å²) in [5.41, 5.74) is 3.42. The maximum absolute atomic E-state index is 13.3. The van der Waals surface area contributed by atoms with Gasteiger partial charge in [-0.15, -0.1) is 10.2 Å². The average molecular weight is 453 g/mol. The van der Waals surface area contributed by atoms with Gasteiger partial charge in [0.2, 0.25) is 5.13 Å². The Morgan fingerprint density at radius 1 is 1.25 bits per heavy atom. The van der Waals surface area contributed by atoms with E-state index in [0.29, 0.717) is 16.6 Å². The number of fused-ring (bicyclic) bond motifs is 2. The second kappa shape index (κ2) is 8.94. The fourth-order valence-corrected chi connectivity index (χ4v) is 4.89. The van der Waals surface area contributed by atoms with Gasteiger partial charge < -0.3 is 4.74 Å². The first-order chi connectivity index (χ1) is 15.3. The first-order valence-electron chi connectivity index (χ1n) is 11.0. The minimum atomic E-state index is -0.488. The number of amides is 1. The number of nitrogens with zero attached hydrogens (tertiary/aromatic N) is 3. The van der Waals surface area contributed by atoms with Crippen LogP contribution in [-0.2, 0) is 22.4 Å². The average Bonchev–Trinajstić information content (AvgIpc) is 3.19. The Morgan fingerprint density at radius 2 is 2.03 bits per heavy atom. The zero-order valence-corrected chi connectivity index (χ0v) is 19.7. The number of carbonyl (C=O) groups excluding carboxylic acids is 2. The van der Waals surface area contributed by atoms with Crippen LogP contribution in [0.3, 0.4) is 0 Å². The number of aromatic nitrogens is 3. The summed E-state index contributed by atoms with van der Waals surface area (Å²) >= 11 is 1.27. The quantitative estimate of drug-likeness (QED) is 0.543. The maximum atomic E-state index is 13.3. The van der Waals surface area contributed by atoms with Crippen molar-refractivity contribution < 1.29 is 14.3 Å². The van der Waals surface area contributed by atoms with E-state index in [9.17, 15) is 9.59 Å². The Kier molecular flexibility index (Phi) is 6.24. The highest BCUT2D eigenvalue weighted by Gasteiger charge is 2.34. The molecule has 3 aromatic rings. The van der Waals surface area contributed by atoms with E-state index >= 15 is 0 Å². The molecule has 1 N–H and O–H groups in total. The number of benzene rings is 1. The van der Waals surface area contributed by atoms with Gasteiger partial charge in [-0.25, -0.2) is 4.79 Å². The highest BCUT2D eigenvalue weighted by molar-refractivity contribution is 7.15. The van der Waals surface area contributed by atoms with Crippen LogP contribution in [0, 0.1) is 18.3 Å². The first-order valence-corrected chi connectivity index (χ1v) is 11.8. The Balaban J connectivity index is 1.61. The lowest BCUT2D eigenvalue weighted by molar-refractivity contribution is -0.119. The fraction of sp³-hybridized carbons (Fsp3) is 0.458. The third-order valence-corrected chi connectivity index (χ3v) is 7.34. The molecule has 168 valence electrons. The first kappa shape index (κ1) is 22.3. The number of carbonyl (C=O) groups is 2. The number of anilines is 1. The van der Waals surface area contributed by atoms with Crippen molar-refractivity contribution in [2.75, 3.05) is 11.9 Å². The smallest absolute Gasteiger partial charge is 0.339 e. The van der Waals surface area contributed by atoms with Crippen molar-refractivity contribution in [3.8, 4) is 0 Å². The van der Waals surface area contributed by atoms with Gasteiger partial charge in [0.15, 0.2) is 6.61 Å². The molecule has 1 aliphatic rings. The maximum Gasteiger partial charge on any atom is 0.339 e. The Morgan fingerprint density at radius 3 is 2.75 bits per heavy atom. The molecule has 32 heavy (non-hydrogen) atoms. The number of para-hydroxylation sites is 1. The minimum absolute atomic E-state index is 0.171. The van der Waals surface area contributed by atoms with E-state index in [4.69, 9.17) is 9.72 Å². The van der Waals surface area contributed by atoms with Gasteiger partial charge >= 0.3 is 5.97 Å². The Bertz CT molecular complexity index is 1170. The number of hydrogen-bond donors (Lipinski definition) is 1. The molecular weight excluding hydrogens is 424 g/mol. The van der Waals surface area contributed by atoms with Gasteiger partial charge in [-0.3, -0.25) is 15.1 Å². The number of ether oxygens (including phenoxy) is 1. The van der Waals surface area contributed by atoms with Crippen molar-refractivity contribution in [2.45, 2.75) is 53.4 Å². The van der Waals surface area contributed by atoms with Crippen LogP contribution >= 0.6 is 11.3 Å². The Hall–Kier alpha value is -2.87. The SMILES string of the molecule is CCC(C)(C)C1CCc2nc3ccccc3c(C(=O)OCC(=O)Nc3nnc(C)s3)c2C1. The summed E-state index contributed by atoms with van der Waals surface area (Å²) in [6.45, 7) is 8.20. The molecule has 0 bridgehead atoms. The standard InChI is InChI=1S/C24H28N4O3S/c1-5-24(3,4)15-10-11-19-17(12-15)21(16-8-6-7-9-18(16)25-19)22(30)31-13-20(29)26-23-28-27-14(2)32-23/h6-9,15H,5,10-13H2,1-4H3,(H,26,28,29). The van der Waals surface area contributed by atoms with Crippen molar-refractivity contribution in [3.63, 3.8) is 0 Å². The normalized spacial score (nSPS) is 15.9. The predicted molar refractivity (Wildman–Crippen MR) is 125 cm³/mol. The Labute approximate surface area is 191 Å². The van der Waals surface area contributed by atoms with Gasteiger partial charge in [-0.1, -0.05) is 56.7 Å². The number of nitrogens with one attached hydrogen (secondary N) is 1. The highest BCUT2D eigenvalue weighted by Crippen LogP contribution is 2.41. The molecule has 2 heterocycles. The van der Waals surface area contributed by atoms with E-state index in [0.717, 1.165) is 52.9 Å². The summed E-state index contributed by atoms with van der Waals surface area (Å²) in [5, 5.41) is 12.3. The van der Waals surface area contributed by atoms with Crippen molar-refractivity contribution in [2.24, 2.45) is 11.3 Å². The van der Waals surface area contributed by atoms with E-state index in [1.54, 1.807) is 6.92 Å². The largest absolute Gasteiger partial charge is 0.452 e. The molecular formula is C24H28N4O3S. The van der Waals surface area contributed by atoms with Crippen molar-refractivity contribution in [3.05, 3.63) is 46.1 Å². The van der Waals surface area contributed by atoms with Crippen LogP contribution in [0.5, 0.6) is 0 Å². The highest BCUT2D eigenvalue weighted by atomic mass is 32.1. The summed E-state index contributed by atoms with van der Waals surface area (Å²) < 4.78 is 5.47. The third kappa shape index (κ3) is 4.50. The summed E-state index contributed by atoms with van der Waals surface area (Å²) in [5.74, 6) is -0.469. The van der Waals surface area contributed by atoms with E-state index in [-0.39, 0.29) is 12.0 Å². The van der Waals surface area contributed by atoms with Gasteiger partial charge in [0.05, 0.1) is 11.1 Å². The fourth-order valence-electron chi connectivity index (χ4n) is 4.28. The second-order valence-corrected chi connectivity index (χ2v) is 10.1. The van der Waals surface area contributed by atoms with Gasteiger partial charge in [0, 0.05) is 11.1 Å². The van der Waals surface area contributed by atoms with Crippen molar-refractivity contribution in [1.82, 2.24) is 15.2 Å². The molecule has 1 amide bonds. The van der Waals surface area contributed by atoms with Crippen LogP contribution in [0.25, 0.3) is 10.9 Å². The molecule has 1 aliphatic carbocycles. The molecule has 0 saturated heterocycles. The number of esters is 1. The van der Waals surface area contributed by atoms with Gasteiger partial charge in [-0.2, -0.15) is 0 Å². The number of pyridine rings is 1. The molecule has 0 radical (unpaired) electrons. The van der Waals surface area contributed by atoms with Crippen molar-refractivity contribution in [1.29, 1.82) is 0 Å². The summed E-state index contributed by atoms with van der Waals surface area (Å²) in [7, 11) is 0. The van der Waals surface area contributed by atoms with Crippen LogP contribution in [0.1, 0.15) is 60.2 Å². The summed E-state index contributed by atoms with van der Waals surface area (Å²) in [6, 6.07) is 7.63. The van der Waals surface area contributed by atoms with Crippen molar-refractivity contribution >= 4 is 39.2 Å². The van der Waals surface area contributed by atoms with Crippen LogP contribution < -0.4 is 5.32 Å². The predicted octanol–water partition coefficient (Wildman–Crippen LogP) is 4.73. The lowest BCUT2D eigenvalue weighted by atomic mass is 9.68. The van der Waals surface area contributed by atoms with E-state index < -0.39 is 11.9 Å². The molecule has 0 saturated carbocycles. The molecule has 7 nitrogen and oxygen atoms in total. The number of hydrogen-bond acceptors (Lipinski definition) is 7. The lowest BCUT2D eigenvalue weighted by Gasteiger charge is -2.37. The van der Waals surface area contributed by atoms with Crippen LogP contribution in [0.4, 0.5) is 5.13 Å². The van der Waals surface area contributed by atoms with E-state index in [1.807, 2.05) is 24.3 Å². The zero-order chi connectivity index (χ0) is 22.9. The lowest BCUT2D eigenvalue weighted by Crippen LogP contribution is -2.31. The minimum Gasteiger partial charge on any atom is -0.452 e. The number of aryl methyl sites for hydroxylation is 2. The second-order valence-electron chi connectivity index (χ2n) is 8.96. The van der Waals surface area contributed by atoms with Gasteiger partial charge in [0.25, 0.3) is 5.91 Å². The summed E-state index contributed by atoms with van der Waals surface area (Å²) in [4.78, 5) is 30.4. The third-order valence-electron chi connectivity index (χ3n) is 6.59. The molecule has 0 aliphatic heterocycles. The van der Waals surface area contributed by atoms with Gasteiger partial charge in [-0.05, 0) is 49.1 Å². The van der Waals surface area contributed by atoms with Crippen LogP contribution in [0.15, 0.2) is 24.3 Å². The molecule has 1 unspecified atom stereocenters. The molecule has 4 rings (SSSR count). The summed E-state index contributed by atoms with van der Waals surface area (Å²) in [6.07, 6.45) is 3.75. The molecule has 0 spiro atoms. The molecule has 2 aromatic heterocycles. The molecule has 8 heteroatoms.